The molecule has 10 heavy (non-hydrogen) atoms. The largest absolute Gasteiger partial charge is 0.416 e. The predicted octanol–water partition coefficient (Wildman–Crippen LogP) is 1.02. The average molecular weight is 153 g/mol. The zero-order valence-electron chi connectivity index (χ0n) is 5.06. The molecule has 1 aliphatic rings. The van der Waals surface area contributed by atoms with Crippen LogP contribution in [0.5, 0.6) is 0 Å². The lowest BCUT2D eigenvalue weighted by molar-refractivity contribution is -0.213. The summed E-state index contributed by atoms with van der Waals surface area (Å²) in [5, 5.41) is 0. The van der Waals surface area contributed by atoms with Crippen LogP contribution in [0.3, 0.4) is 0 Å². The van der Waals surface area contributed by atoms with Gasteiger partial charge in [-0.3, -0.25) is 4.99 Å². The fraction of sp³-hybridized carbons (Fsp3) is 0.800. The monoisotopic (exact) mass is 153 g/mol. The molecule has 0 fully saturated rings. The van der Waals surface area contributed by atoms with Gasteiger partial charge in [0.05, 0.1) is 13.2 Å². The first kappa shape index (κ1) is 7.53. The third kappa shape index (κ3) is 1.70. The van der Waals surface area contributed by atoms with E-state index in [9.17, 15) is 13.2 Å². The second kappa shape index (κ2) is 2.57. The van der Waals surface area contributed by atoms with Crippen LogP contribution in [0.2, 0.25) is 0 Å². The Kier molecular flexibility index (Phi) is 1.94. The van der Waals surface area contributed by atoms with Gasteiger partial charge in [0.2, 0.25) is 0 Å². The Morgan fingerprint density at radius 3 is 2.50 bits per heavy atom. The van der Waals surface area contributed by atoms with Crippen molar-refractivity contribution in [2.24, 2.45) is 4.99 Å². The van der Waals surface area contributed by atoms with Gasteiger partial charge in [0, 0.05) is 6.21 Å². The zero-order valence-corrected chi connectivity index (χ0v) is 5.06. The molecule has 0 N–H and O–H groups in total. The third-order valence-electron chi connectivity index (χ3n) is 1.14. The Hall–Kier alpha value is -0.580. The molecular weight excluding hydrogens is 147 g/mol. The van der Waals surface area contributed by atoms with Crippen LogP contribution in [0.25, 0.3) is 0 Å². The van der Waals surface area contributed by atoms with Crippen LogP contribution in [-0.4, -0.2) is 31.6 Å². The van der Waals surface area contributed by atoms with E-state index in [2.05, 4.69) is 9.73 Å². The summed E-state index contributed by atoms with van der Waals surface area (Å²) in [6.07, 6.45) is -4.63. The lowest BCUT2D eigenvalue weighted by Gasteiger charge is -2.20. The first-order valence-electron chi connectivity index (χ1n) is 2.77. The van der Waals surface area contributed by atoms with Crippen LogP contribution in [0, 0.1) is 0 Å². The number of alkyl halides is 3. The quantitative estimate of drug-likeness (QED) is 0.509. The molecule has 0 radical (unpaired) electrons. The maximum atomic E-state index is 11.7. The molecule has 5 heteroatoms. The molecule has 1 rings (SSSR count). The number of ether oxygens (including phenoxy) is 1. The van der Waals surface area contributed by atoms with Crippen molar-refractivity contribution >= 4 is 6.21 Å². The summed E-state index contributed by atoms with van der Waals surface area (Å²) in [6, 6.07) is 0. The molecule has 58 valence electrons. The maximum Gasteiger partial charge on any atom is 0.416 e. The van der Waals surface area contributed by atoms with Gasteiger partial charge < -0.3 is 4.74 Å². The van der Waals surface area contributed by atoms with Gasteiger partial charge in [-0.25, -0.2) is 0 Å². The fourth-order valence-electron chi connectivity index (χ4n) is 0.633. The molecule has 0 aromatic rings. The summed E-state index contributed by atoms with van der Waals surface area (Å²) in [5.74, 6) is 0. The molecule has 1 atom stereocenters. The van der Waals surface area contributed by atoms with Crippen molar-refractivity contribution < 1.29 is 17.9 Å². The van der Waals surface area contributed by atoms with Gasteiger partial charge in [0.15, 0.2) is 6.10 Å². The highest BCUT2D eigenvalue weighted by molar-refractivity contribution is 5.59. The second-order valence-electron chi connectivity index (χ2n) is 1.91. The highest BCUT2D eigenvalue weighted by atomic mass is 19.4. The summed E-state index contributed by atoms with van der Waals surface area (Å²) in [4.78, 5) is 3.45. The van der Waals surface area contributed by atoms with Crippen LogP contribution in [0.15, 0.2) is 4.99 Å². The van der Waals surface area contributed by atoms with Crippen molar-refractivity contribution in [2.75, 3.05) is 13.2 Å². The van der Waals surface area contributed by atoms with Crippen LogP contribution >= 0.6 is 0 Å². The summed E-state index contributed by atoms with van der Waals surface area (Å²) >= 11 is 0. The smallest absolute Gasteiger partial charge is 0.361 e. The van der Waals surface area contributed by atoms with Crippen molar-refractivity contribution in [1.82, 2.24) is 0 Å². The summed E-state index contributed by atoms with van der Waals surface area (Å²) in [5.41, 5.74) is 0. The molecule has 0 aromatic carbocycles. The molecule has 0 amide bonds. The molecule has 1 unspecified atom stereocenters. The zero-order chi connectivity index (χ0) is 7.61. The minimum Gasteiger partial charge on any atom is -0.361 e. The average Bonchev–Trinajstić information content (AvgIpc) is 1.88. The van der Waals surface area contributed by atoms with Crippen molar-refractivity contribution in [1.29, 1.82) is 0 Å². The number of nitrogens with zero attached hydrogens (tertiary/aromatic N) is 1. The van der Waals surface area contributed by atoms with E-state index in [1.807, 2.05) is 0 Å². The number of rotatable bonds is 0. The minimum absolute atomic E-state index is 0.0375. The first-order valence-corrected chi connectivity index (χ1v) is 2.77. The van der Waals surface area contributed by atoms with Crippen molar-refractivity contribution in [3.05, 3.63) is 0 Å². The third-order valence-corrected chi connectivity index (χ3v) is 1.14. The lowest BCUT2D eigenvalue weighted by Crippen LogP contribution is -2.37. The van der Waals surface area contributed by atoms with Gasteiger partial charge in [-0.15, -0.1) is 0 Å². The van der Waals surface area contributed by atoms with E-state index in [4.69, 9.17) is 0 Å². The topological polar surface area (TPSA) is 21.6 Å². The second-order valence-corrected chi connectivity index (χ2v) is 1.91. The Morgan fingerprint density at radius 2 is 2.20 bits per heavy atom. The van der Waals surface area contributed by atoms with E-state index in [-0.39, 0.29) is 13.2 Å². The standard InChI is InChI=1S/C5H6F3NO/c6-5(7,8)4-3-9-1-2-10-4/h1,4H,2-3H2. The van der Waals surface area contributed by atoms with Crippen molar-refractivity contribution in [3.63, 3.8) is 0 Å². The Morgan fingerprint density at radius 1 is 1.50 bits per heavy atom. The number of aliphatic imine (C=N–C) groups is 1. The summed E-state index contributed by atoms with van der Waals surface area (Å²) < 4.78 is 39.6. The highest BCUT2D eigenvalue weighted by Gasteiger charge is 2.40. The van der Waals surface area contributed by atoms with Crippen molar-refractivity contribution in [3.8, 4) is 0 Å². The van der Waals surface area contributed by atoms with Gasteiger partial charge in [0.25, 0.3) is 0 Å². The fourth-order valence-corrected chi connectivity index (χ4v) is 0.633. The number of hydrogen-bond acceptors (Lipinski definition) is 2. The van der Waals surface area contributed by atoms with E-state index in [1.165, 1.54) is 6.21 Å². The van der Waals surface area contributed by atoms with E-state index in [0.29, 0.717) is 0 Å². The summed E-state index contributed by atoms with van der Waals surface area (Å²) in [7, 11) is 0. The summed E-state index contributed by atoms with van der Waals surface area (Å²) in [6.45, 7) is -0.340. The van der Waals surface area contributed by atoms with Gasteiger partial charge in [-0.05, 0) is 0 Å². The van der Waals surface area contributed by atoms with Crippen LogP contribution < -0.4 is 0 Å². The van der Waals surface area contributed by atoms with Crippen LogP contribution in [0.4, 0.5) is 13.2 Å². The Labute approximate surface area is 55.7 Å². The molecule has 0 aliphatic carbocycles. The molecule has 0 saturated carbocycles. The Bertz CT molecular complexity index is 142. The van der Waals surface area contributed by atoms with Crippen molar-refractivity contribution in [2.45, 2.75) is 12.3 Å². The molecule has 0 aromatic heterocycles. The predicted molar refractivity (Wildman–Crippen MR) is 29.2 cm³/mol. The van der Waals surface area contributed by atoms with E-state index >= 15 is 0 Å². The maximum absolute atomic E-state index is 11.7. The number of halogens is 3. The molecular formula is C5H6F3NO. The van der Waals surface area contributed by atoms with Gasteiger partial charge in [0.1, 0.15) is 0 Å². The molecule has 1 aliphatic heterocycles. The lowest BCUT2D eigenvalue weighted by atomic mass is 10.3. The van der Waals surface area contributed by atoms with Crippen LogP contribution in [-0.2, 0) is 4.74 Å². The van der Waals surface area contributed by atoms with Gasteiger partial charge in [-0.1, -0.05) is 0 Å². The normalized spacial score (nSPS) is 26.9. The molecule has 1 heterocycles. The highest BCUT2D eigenvalue weighted by Crippen LogP contribution is 2.23. The van der Waals surface area contributed by atoms with Gasteiger partial charge in [-0.2, -0.15) is 13.2 Å². The van der Waals surface area contributed by atoms with Gasteiger partial charge >= 0.3 is 6.18 Å². The van der Waals surface area contributed by atoms with E-state index < -0.39 is 12.3 Å². The van der Waals surface area contributed by atoms with E-state index in [1.54, 1.807) is 0 Å². The SMILES string of the molecule is FC(F)(F)C1CN=CCO1. The molecule has 0 bridgehead atoms. The van der Waals surface area contributed by atoms with E-state index in [0.717, 1.165) is 0 Å². The molecule has 0 spiro atoms. The Balaban J connectivity index is 2.49. The molecule has 0 saturated heterocycles. The number of hydrogen-bond donors (Lipinski definition) is 0. The van der Waals surface area contributed by atoms with Crippen LogP contribution in [0.1, 0.15) is 0 Å². The minimum atomic E-state index is -4.27. The molecule has 2 nitrogen and oxygen atoms in total. The first-order chi connectivity index (χ1) is 4.61.